The third-order valence-electron chi connectivity index (χ3n) is 8.91. The van der Waals surface area contributed by atoms with Crippen LogP contribution in [-0.4, -0.2) is 36.5 Å². The molecule has 0 amide bonds. The molecule has 2 N–H and O–H groups in total. The number of rotatable bonds is 6. The fraction of sp³-hybridized carbons (Fsp3) is 0.852. The number of hydrogen-bond acceptors (Lipinski definition) is 4. The molecule has 1 heterocycles. The summed E-state index contributed by atoms with van der Waals surface area (Å²) in [6.07, 6.45) is 7.53. The van der Waals surface area contributed by atoms with Crippen molar-refractivity contribution in [1.82, 2.24) is 0 Å². The monoisotopic (exact) mass is 467 g/mol. The van der Waals surface area contributed by atoms with E-state index in [0.717, 1.165) is 37.7 Å². The van der Waals surface area contributed by atoms with Gasteiger partial charge in [-0.2, -0.15) is 0 Å². The maximum Gasteiger partial charge on any atom is 0.179 e. The number of sulfone groups is 1. The Morgan fingerprint density at radius 2 is 2.00 bits per heavy atom. The molecule has 3 aliphatic carbocycles. The SMILES string of the molecule is [2H]C1([2H])[C@]2([2H])C(=C(/C=C3\CCC[C@]4(C)[C@@H]([C@H](C)CCCC(C)C)CC[C@@H]34)S1(=O)=O)C[C@@H](O)C[C@@H]2O. The lowest BCUT2D eigenvalue weighted by molar-refractivity contribution is 0.0351. The van der Waals surface area contributed by atoms with E-state index >= 15 is 0 Å². The number of hydrogen-bond donors (Lipinski definition) is 2. The molecule has 4 aliphatic rings. The van der Waals surface area contributed by atoms with Gasteiger partial charge in [-0.25, -0.2) is 8.42 Å². The van der Waals surface area contributed by atoms with Crippen LogP contribution in [-0.2, 0) is 9.84 Å². The van der Waals surface area contributed by atoms with Crippen LogP contribution < -0.4 is 0 Å². The Labute approximate surface area is 199 Å². The number of aliphatic hydroxyl groups excluding tert-OH is 2. The van der Waals surface area contributed by atoms with Crippen molar-refractivity contribution in [3.05, 3.63) is 22.1 Å². The Morgan fingerprint density at radius 1 is 1.25 bits per heavy atom. The first kappa shape index (κ1) is 20.7. The van der Waals surface area contributed by atoms with Crippen LogP contribution in [0.25, 0.3) is 0 Å². The van der Waals surface area contributed by atoms with E-state index < -0.39 is 33.6 Å². The van der Waals surface area contributed by atoms with Gasteiger partial charge in [0.2, 0.25) is 0 Å². The second-order valence-corrected chi connectivity index (χ2v) is 13.2. The fourth-order valence-corrected chi connectivity index (χ4v) is 8.78. The van der Waals surface area contributed by atoms with E-state index in [1.54, 1.807) is 6.08 Å². The van der Waals surface area contributed by atoms with Crippen LogP contribution in [0.5, 0.6) is 0 Å². The number of allylic oxidation sites excluding steroid dienone is 2. The smallest absolute Gasteiger partial charge is 0.179 e. The van der Waals surface area contributed by atoms with Crippen LogP contribution in [0.15, 0.2) is 22.1 Å². The third kappa shape index (κ3) is 4.51. The summed E-state index contributed by atoms with van der Waals surface area (Å²) in [6, 6.07) is 0. The molecule has 4 nitrogen and oxygen atoms in total. The topological polar surface area (TPSA) is 74.6 Å². The molecule has 0 aromatic carbocycles. The van der Waals surface area contributed by atoms with Crippen LogP contribution in [0.1, 0.15) is 96.0 Å². The average Bonchev–Trinajstić information content (AvgIpc) is 3.15. The molecular formula is C27H44O4S. The normalized spacial score (nSPS) is 46.5. The van der Waals surface area contributed by atoms with Crippen LogP contribution in [0.3, 0.4) is 0 Å². The molecule has 0 aromatic rings. The largest absolute Gasteiger partial charge is 0.393 e. The van der Waals surface area contributed by atoms with Crippen molar-refractivity contribution in [3.8, 4) is 0 Å². The van der Waals surface area contributed by atoms with E-state index in [2.05, 4.69) is 27.7 Å². The Balaban J connectivity index is 1.69. The van der Waals surface area contributed by atoms with E-state index in [0.29, 0.717) is 17.8 Å². The molecule has 0 unspecified atom stereocenters. The number of fused-ring (bicyclic) bond motifs is 2. The quantitative estimate of drug-likeness (QED) is 0.548. The van der Waals surface area contributed by atoms with Gasteiger partial charge in [0.05, 0.1) is 22.8 Å². The van der Waals surface area contributed by atoms with Crippen LogP contribution >= 0.6 is 0 Å². The lowest BCUT2D eigenvalue weighted by atomic mass is 9.60. The van der Waals surface area contributed by atoms with Crippen LogP contribution in [0.2, 0.25) is 0 Å². The molecule has 182 valence electrons. The van der Waals surface area contributed by atoms with Crippen molar-refractivity contribution in [2.24, 2.45) is 35.0 Å². The highest BCUT2D eigenvalue weighted by Gasteiger charge is 2.51. The minimum atomic E-state index is -4.48. The molecule has 0 bridgehead atoms. The second kappa shape index (κ2) is 9.19. The molecular weight excluding hydrogens is 420 g/mol. The molecule has 0 spiro atoms. The zero-order valence-electron chi connectivity index (χ0n) is 23.2. The zero-order valence-corrected chi connectivity index (χ0v) is 21.0. The highest BCUT2D eigenvalue weighted by molar-refractivity contribution is 7.95. The van der Waals surface area contributed by atoms with E-state index in [1.807, 2.05) is 0 Å². The van der Waals surface area contributed by atoms with Crippen molar-refractivity contribution in [1.29, 1.82) is 0 Å². The minimum Gasteiger partial charge on any atom is -0.393 e. The predicted molar refractivity (Wildman–Crippen MR) is 130 cm³/mol. The van der Waals surface area contributed by atoms with Gasteiger partial charge in [0.15, 0.2) is 9.84 Å². The van der Waals surface area contributed by atoms with Gasteiger partial charge in [-0.1, -0.05) is 52.5 Å². The van der Waals surface area contributed by atoms with Crippen molar-refractivity contribution in [2.45, 2.75) is 104 Å². The molecule has 32 heavy (non-hydrogen) atoms. The third-order valence-corrected chi connectivity index (χ3v) is 10.3. The van der Waals surface area contributed by atoms with E-state index in [-0.39, 0.29) is 34.7 Å². The van der Waals surface area contributed by atoms with E-state index in [9.17, 15) is 18.6 Å². The molecule has 4 rings (SSSR count). The molecule has 7 atom stereocenters. The first-order valence-electron chi connectivity index (χ1n) is 14.2. The summed E-state index contributed by atoms with van der Waals surface area (Å²) < 4.78 is 52.5. The summed E-state index contributed by atoms with van der Waals surface area (Å²) >= 11 is 0. The zero-order chi connectivity index (χ0) is 26.0. The Morgan fingerprint density at radius 3 is 2.72 bits per heavy atom. The van der Waals surface area contributed by atoms with Crippen molar-refractivity contribution >= 4 is 9.84 Å². The van der Waals surface area contributed by atoms with E-state index in [4.69, 9.17) is 4.11 Å². The fourth-order valence-electron chi connectivity index (χ4n) is 7.30. The van der Waals surface area contributed by atoms with Gasteiger partial charge < -0.3 is 10.2 Å². The molecule has 1 aliphatic heterocycles. The molecule has 0 aromatic heterocycles. The second-order valence-electron chi connectivity index (χ2n) is 11.6. The van der Waals surface area contributed by atoms with Gasteiger partial charge in [0, 0.05) is 16.4 Å². The summed E-state index contributed by atoms with van der Waals surface area (Å²) in [5, 5.41) is 20.9. The van der Waals surface area contributed by atoms with Gasteiger partial charge >= 0.3 is 0 Å². The standard InChI is InChI=1S/C27H44O4S/c1-17(2)7-5-8-18(3)23-10-11-24-19(9-6-12-27(23,24)4)13-26-21-14-20(28)15-25(29)22(21)16-32(26,30)31/h13,17-18,20,22-25,28-29H,5-12,14-16H2,1-4H3/b19-13+/t18-,20-,22-,23-,24+,25+,27-/m1/s1/i16D2,22D. The summed E-state index contributed by atoms with van der Waals surface area (Å²) in [7, 11) is -4.48. The maximum atomic E-state index is 13.4. The lowest BCUT2D eigenvalue weighted by Crippen LogP contribution is -2.36. The number of aliphatic hydroxyl groups is 2. The molecule has 3 fully saturated rings. The van der Waals surface area contributed by atoms with Crippen molar-refractivity contribution in [3.63, 3.8) is 0 Å². The highest BCUT2D eigenvalue weighted by Crippen LogP contribution is 2.60. The highest BCUT2D eigenvalue weighted by atomic mass is 32.2. The van der Waals surface area contributed by atoms with Gasteiger partial charge in [-0.3, -0.25) is 0 Å². The summed E-state index contributed by atoms with van der Waals surface area (Å²) in [5.74, 6) is -0.121. The first-order valence-corrected chi connectivity index (χ1v) is 14.2. The van der Waals surface area contributed by atoms with Gasteiger partial charge in [0.25, 0.3) is 0 Å². The van der Waals surface area contributed by atoms with E-state index in [1.165, 1.54) is 19.3 Å². The first-order chi connectivity index (χ1) is 16.2. The molecule has 5 heteroatoms. The molecule has 0 radical (unpaired) electrons. The molecule has 0 saturated heterocycles. The lowest BCUT2D eigenvalue weighted by Gasteiger charge is -2.44. The Bertz CT molecular complexity index is 1000. The Hall–Kier alpha value is -0.650. The predicted octanol–water partition coefficient (Wildman–Crippen LogP) is 5.41. The summed E-state index contributed by atoms with van der Waals surface area (Å²) in [6.45, 7) is 9.27. The summed E-state index contributed by atoms with van der Waals surface area (Å²) in [4.78, 5) is -0.150. The summed E-state index contributed by atoms with van der Waals surface area (Å²) in [5.41, 5.74) is -1.73. The van der Waals surface area contributed by atoms with Gasteiger partial charge in [-0.05, 0) is 79.3 Å². The van der Waals surface area contributed by atoms with Crippen molar-refractivity contribution < 1.29 is 22.7 Å². The average molecular weight is 468 g/mol. The van der Waals surface area contributed by atoms with Crippen LogP contribution in [0.4, 0.5) is 0 Å². The maximum absolute atomic E-state index is 13.4. The van der Waals surface area contributed by atoms with Crippen molar-refractivity contribution in [2.75, 3.05) is 5.70 Å². The van der Waals surface area contributed by atoms with Crippen LogP contribution in [0, 0.1) is 35.0 Å². The minimum absolute atomic E-state index is 0.0464. The Kier molecular flexibility index (Phi) is 5.94. The molecule has 3 saturated carbocycles. The van der Waals surface area contributed by atoms with Gasteiger partial charge in [-0.15, -0.1) is 0 Å². The van der Waals surface area contributed by atoms with Gasteiger partial charge in [0.1, 0.15) is 0 Å².